The molecule has 0 atom stereocenters. The van der Waals surface area contributed by atoms with Gasteiger partial charge in [0.2, 0.25) is 0 Å². The third kappa shape index (κ3) is 3.21. The number of nitrogens with zero attached hydrogens (tertiary/aromatic N) is 1. The molecule has 0 aliphatic rings. The standard InChI is InChI=1S/C9H14ClN3O2/c1-6-7(5-13(2)4-3-10)8(14)12-9(15)11-6/h3-5H2,1-2H3,(H2,11,12,14,15). The van der Waals surface area contributed by atoms with E-state index in [4.69, 9.17) is 11.6 Å². The van der Waals surface area contributed by atoms with Gasteiger partial charge in [0.25, 0.3) is 5.56 Å². The zero-order chi connectivity index (χ0) is 11.4. The average Bonchev–Trinajstić information content (AvgIpc) is 2.11. The van der Waals surface area contributed by atoms with Crippen LogP contribution in [-0.2, 0) is 6.54 Å². The molecular weight excluding hydrogens is 218 g/mol. The topological polar surface area (TPSA) is 69.0 Å². The van der Waals surface area contributed by atoms with Crippen molar-refractivity contribution in [2.45, 2.75) is 13.5 Å². The van der Waals surface area contributed by atoms with Crippen molar-refractivity contribution in [1.82, 2.24) is 14.9 Å². The molecule has 0 aliphatic heterocycles. The molecule has 0 bridgehead atoms. The quantitative estimate of drug-likeness (QED) is 0.719. The number of alkyl halides is 1. The molecule has 0 radical (unpaired) electrons. The zero-order valence-electron chi connectivity index (χ0n) is 8.76. The predicted molar refractivity (Wildman–Crippen MR) is 59.5 cm³/mol. The summed E-state index contributed by atoms with van der Waals surface area (Å²) in [5, 5.41) is 0. The molecule has 1 heterocycles. The van der Waals surface area contributed by atoms with E-state index < -0.39 is 5.69 Å². The number of aromatic amines is 2. The van der Waals surface area contributed by atoms with Gasteiger partial charge >= 0.3 is 5.69 Å². The van der Waals surface area contributed by atoms with E-state index in [1.807, 2.05) is 11.9 Å². The van der Waals surface area contributed by atoms with Crippen molar-refractivity contribution in [3.05, 3.63) is 32.1 Å². The Hall–Kier alpha value is -1.07. The number of rotatable bonds is 4. The molecule has 5 nitrogen and oxygen atoms in total. The molecule has 6 heteroatoms. The number of hydrogen-bond acceptors (Lipinski definition) is 3. The number of aryl methyl sites for hydroxylation is 1. The highest BCUT2D eigenvalue weighted by molar-refractivity contribution is 6.18. The van der Waals surface area contributed by atoms with Crippen LogP contribution in [0.15, 0.2) is 9.59 Å². The molecule has 0 saturated carbocycles. The summed E-state index contributed by atoms with van der Waals surface area (Å²) in [5.74, 6) is 0.511. The van der Waals surface area contributed by atoms with Gasteiger partial charge in [-0.3, -0.25) is 9.78 Å². The number of nitrogens with one attached hydrogen (secondary N) is 2. The molecule has 1 aromatic rings. The van der Waals surface area contributed by atoms with Crippen LogP contribution >= 0.6 is 11.6 Å². The Kier molecular flexibility index (Phi) is 4.11. The molecule has 0 spiro atoms. The van der Waals surface area contributed by atoms with E-state index in [1.54, 1.807) is 6.92 Å². The van der Waals surface area contributed by atoms with Crippen LogP contribution in [0.5, 0.6) is 0 Å². The van der Waals surface area contributed by atoms with Crippen molar-refractivity contribution in [2.75, 3.05) is 19.5 Å². The van der Waals surface area contributed by atoms with Crippen LogP contribution in [-0.4, -0.2) is 34.3 Å². The highest BCUT2D eigenvalue weighted by Crippen LogP contribution is 1.99. The predicted octanol–water partition coefficient (Wildman–Crippen LogP) is 0.0422. The Morgan fingerprint density at radius 3 is 2.53 bits per heavy atom. The molecule has 84 valence electrons. The summed E-state index contributed by atoms with van der Waals surface area (Å²) in [6.07, 6.45) is 0. The Morgan fingerprint density at radius 2 is 2.00 bits per heavy atom. The smallest absolute Gasteiger partial charge is 0.311 e. The second-order valence-electron chi connectivity index (χ2n) is 3.44. The lowest BCUT2D eigenvalue weighted by molar-refractivity contribution is 0.344. The Labute approximate surface area is 92.1 Å². The molecule has 0 saturated heterocycles. The van der Waals surface area contributed by atoms with E-state index in [1.165, 1.54) is 0 Å². The minimum absolute atomic E-state index is 0.335. The van der Waals surface area contributed by atoms with Crippen LogP contribution in [0.25, 0.3) is 0 Å². The van der Waals surface area contributed by atoms with Crippen molar-refractivity contribution in [3.63, 3.8) is 0 Å². The van der Waals surface area contributed by atoms with Crippen LogP contribution < -0.4 is 11.2 Å². The Bertz CT molecular complexity index is 438. The molecule has 2 N–H and O–H groups in total. The lowest BCUT2D eigenvalue weighted by Gasteiger charge is -2.15. The summed E-state index contributed by atoms with van der Waals surface area (Å²) in [6.45, 7) is 2.88. The van der Waals surface area contributed by atoms with Crippen molar-refractivity contribution in [2.24, 2.45) is 0 Å². The maximum atomic E-state index is 11.5. The van der Waals surface area contributed by atoms with Gasteiger partial charge < -0.3 is 9.88 Å². The molecule has 15 heavy (non-hydrogen) atoms. The van der Waals surface area contributed by atoms with Gasteiger partial charge in [0.05, 0.1) is 5.56 Å². The monoisotopic (exact) mass is 231 g/mol. The largest absolute Gasteiger partial charge is 0.325 e. The van der Waals surface area contributed by atoms with Crippen LogP contribution in [0.3, 0.4) is 0 Å². The van der Waals surface area contributed by atoms with Gasteiger partial charge in [0.15, 0.2) is 0 Å². The van der Waals surface area contributed by atoms with Crippen LogP contribution in [0.1, 0.15) is 11.3 Å². The van der Waals surface area contributed by atoms with Gasteiger partial charge in [-0.2, -0.15) is 0 Å². The minimum Gasteiger partial charge on any atom is -0.311 e. The van der Waals surface area contributed by atoms with Crippen molar-refractivity contribution >= 4 is 11.6 Å². The van der Waals surface area contributed by atoms with Gasteiger partial charge in [-0.25, -0.2) is 4.79 Å². The molecule has 0 amide bonds. The van der Waals surface area contributed by atoms with Crippen LogP contribution in [0.4, 0.5) is 0 Å². The third-order valence-corrected chi connectivity index (χ3v) is 2.32. The highest BCUT2D eigenvalue weighted by Gasteiger charge is 2.08. The first-order valence-corrected chi connectivity index (χ1v) is 5.14. The van der Waals surface area contributed by atoms with Crippen molar-refractivity contribution in [3.8, 4) is 0 Å². The first kappa shape index (κ1) is 12.0. The SMILES string of the molecule is Cc1[nH]c(=O)[nH]c(=O)c1CN(C)CCCl. The lowest BCUT2D eigenvalue weighted by atomic mass is 10.2. The van der Waals surface area contributed by atoms with E-state index >= 15 is 0 Å². The number of hydrogen-bond donors (Lipinski definition) is 2. The highest BCUT2D eigenvalue weighted by atomic mass is 35.5. The summed E-state index contributed by atoms with van der Waals surface area (Å²) >= 11 is 5.58. The fourth-order valence-electron chi connectivity index (χ4n) is 1.31. The second kappa shape index (κ2) is 5.14. The van der Waals surface area contributed by atoms with Crippen molar-refractivity contribution in [1.29, 1.82) is 0 Å². The molecule has 0 aromatic carbocycles. The van der Waals surface area contributed by atoms with Crippen molar-refractivity contribution < 1.29 is 0 Å². The second-order valence-corrected chi connectivity index (χ2v) is 3.82. The van der Waals surface area contributed by atoms with Gasteiger partial charge in [-0.1, -0.05) is 0 Å². The average molecular weight is 232 g/mol. The van der Waals surface area contributed by atoms with E-state index in [0.717, 1.165) is 0 Å². The summed E-state index contributed by atoms with van der Waals surface area (Å²) in [7, 11) is 1.87. The normalized spacial score (nSPS) is 10.9. The van der Waals surface area contributed by atoms with Gasteiger partial charge in [-0.05, 0) is 14.0 Å². The number of aromatic nitrogens is 2. The summed E-state index contributed by atoms with van der Waals surface area (Å²) in [4.78, 5) is 29.1. The number of halogens is 1. The minimum atomic E-state index is -0.471. The Balaban J connectivity index is 2.95. The molecule has 1 aromatic heterocycles. The van der Waals surface area contributed by atoms with E-state index in [2.05, 4.69) is 9.97 Å². The molecular formula is C9H14ClN3O2. The first-order valence-electron chi connectivity index (χ1n) is 4.61. The molecule has 1 rings (SSSR count). The van der Waals surface area contributed by atoms with Gasteiger partial charge in [0.1, 0.15) is 0 Å². The lowest BCUT2D eigenvalue weighted by Crippen LogP contribution is -2.31. The maximum Gasteiger partial charge on any atom is 0.325 e. The van der Waals surface area contributed by atoms with E-state index in [-0.39, 0.29) is 5.56 Å². The third-order valence-electron chi connectivity index (χ3n) is 2.15. The van der Waals surface area contributed by atoms with Gasteiger partial charge in [-0.15, -0.1) is 11.6 Å². The fourth-order valence-corrected chi connectivity index (χ4v) is 1.60. The molecule has 0 unspecified atom stereocenters. The fraction of sp³-hybridized carbons (Fsp3) is 0.556. The first-order chi connectivity index (χ1) is 7.04. The van der Waals surface area contributed by atoms with Gasteiger partial charge in [0, 0.05) is 24.7 Å². The summed E-state index contributed by atoms with van der Waals surface area (Å²) in [6, 6.07) is 0. The number of H-pyrrole nitrogens is 2. The molecule has 0 aliphatic carbocycles. The van der Waals surface area contributed by atoms with E-state index in [0.29, 0.717) is 30.2 Å². The maximum absolute atomic E-state index is 11.5. The van der Waals surface area contributed by atoms with E-state index in [9.17, 15) is 9.59 Å². The summed E-state index contributed by atoms with van der Waals surface area (Å²) < 4.78 is 0. The zero-order valence-corrected chi connectivity index (χ0v) is 9.52. The summed E-state index contributed by atoms with van der Waals surface area (Å²) in [5.41, 5.74) is 0.367. The molecule has 0 fully saturated rings. The Morgan fingerprint density at radius 1 is 1.33 bits per heavy atom. The van der Waals surface area contributed by atoms with Crippen LogP contribution in [0, 0.1) is 6.92 Å². The van der Waals surface area contributed by atoms with Crippen LogP contribution in [0.2, 0.25) is 0 Å².